The van der Waals surface area contributed by atoms with Crippen molar-refractivity contribution in [1.29, 1.82) is 0 Å². The molecule has 1 nitrogen and oxygen atoms in total. The van der Waals surface area contributed by atoms with Crippen LogP contribution in [0.25, 0.3) is 0 Å². The van der Waals surface area contributed by atoms with E-state index in [1.54, 1.807) is 13.4 Å². The molecule has 0 spiro atoms. The summed E-state index contributed by atoms with van der Waals surface area (Å²) in [6, 6.07) is 0. The van der Waals surface area contributed by atoms with Gasteiger partial charge in [0.05, 0.1) is 13.4 Å². The molecule has 0 aliphatic carbocycles. The van der Waals surface area contributed by atoms with Crippen molar-refractivity contribution in [2.45, 2.75) is 13.3 Å². The molecule has 0 saturated heterocycles. The topological polar surface area (TPSA) is 9.23 Å². The van der Waals surface area contributed by atoms with Crippen molar-refractivity contribution >= 4 is 0 Å². The summed E-state index contributed by atoms with van der Waals surface area (Å²) in [4.78, 5) is 0. The summed E-state index contributed by atoms with van der Waals surface area (Å²) in [5.41, 5.74) is 0. The van der Waals surface area contributed by atoms with Crippen LogP contribution in [0.3, 0.4) is 0 Å². The Kier molecular flexibility index (Phi) is 4.98. The lowest BCUT2D eigenvalue weighted by atomic mass is 10.1. The summed E-state index contributed by atoms with van der Waals surface area (Å²) < 4.78 is 4.74. The van der Waals surface area contributed by atoms with Crippen LogP contribution in [0.2, 0.25) is 0 Å². The molecule has 0 bridgehead atoms. The summed E-state index contributed by atoms with van der Waals surface area (Å²) in [5, 5.41) is 0. The van der Waals surface area contributed by atoms with Gasteiger partial charge in [-0.2, -0.15) is 0 Å². The van der Waals surface area contributed by atoms with E-state index >= 15 is 0 Å². The van der Waals surface area contributed by atoms with Crippen molar-refractivity contribution in [3.05, 3.63) is 25.0 Å². The first-order valence-electron chi connectivity index (χ1n) is 3.11. The molecule has 0 rings (SSSR count). The Bertz CT molecular complexity index is 94.7. The fourth-order valence-electron chi connectivity index (χ4n) is 0.554. The average molecular weight is 126 g/mol. The minimum atomic E-state index is 0.544. The predicted molar refractivity (Wildman–Crippen MR) is 40.1 cm³/mol. The Labute approximate surface area is 57.0 Å². The Hall–Kier alpha value is -0.720. The third-order valence-electron chi connectivity index (χ3n) is 1.08. The molecule has 0 amide bonds. The SMILES string of the molecule is C=CCC(C)/C=C\OC. The van der Waals surface area contributed by atoms with Gasteiger partial charge in [0, 0.05) is 0 Å². The lowest BCUT2D eigenvalue weighted by molar-refractivity contribution is 0.334. The molecule has 0 N–H and O–H groups in total. The van der Waals surface area contributed by atoms with Crippen LogP contribution < -0.4 is 0 Å². The van der Waals surface area contributed by atoms with Gasteiger partial charge in [-0.05, 0) is 18.4 Å². The third kappa shape index (κ3) is 5.15. The molecule has 0 aromatic carbocycles. The van der Waals surface area contributed by atoms with Crippen molar-refractivity contribution in [1.82, 2.24) is 0 Å². The number of allylic oxidation sites excluding steroid dienone is 2. The van der Waals surface area contributed by atoms with Crippen molar-refractivity contribution in [2.75, 3.05) is 7.11 Å². The summed E-state index contributed by atoms with van der Waals surface area (Å²) in [6.45, 7) is 5.76. The lowest BCUT2D eigenvalue weighted by Crippen LogP contribution is -1.85. The largest absolute Gasteiger partial charge is 0.505 e. The van der Waals surface area contributed by atoms with Gasteiger partial charge in [-0.1, -0.05) is 13.0 Å². The number of hydrogen-bond acceptors (Lipinski definition) is 1. The van der Waals surface area contributed by atoms with Crippen LogP contribution in [0.4, 0.5) is 0 Å². The highest BCUT2D eigenvalue weighted by atomic mass is 16.5. The number of methoxy groups -OCH3 is 1. The quantitative estimate of drug-likeness (QED) is 0.415. The van der Waals surface area contributed by atoms with Gasteiger partial charge in [0.25, 0.3) is 0 Å². The van der Waals surface area contributed by atoms with Crippen molar-refractivity contribution in [3.8, 4) is 0 Å². The van der Waals surface area contributed by atoms with E-state index < -0.39 is 0 Å². The number of rotatable bonds is 4. The Morgan fingerprint density at radius 1 is 1.67 bits per heavy atom. The average Bonchev–Trinajstić information content (AvgIpc) is 1.85. The smallest absolute Gasteiger partial charge is 0.0787 e. The first-order chi connectivity index (χ1) is 4.31. The van der Waals surface area contributed by atoms with Gasteiger partial charge in [-0.15, -0.1) is 6.58 Å². The van der Waals surface area contributed by atoms with Gasteiger partial charge in [-0.25, -0.2) is 0 Å². The molecule has 9 heavy (non-hydrogen) atoms. The van der Waals surface area contributed by atoms with Gasteiger partial charge in [0.1, 0.15) is 0 Å². The second-order valence-electron chi connectivity index (χ2n) is 2.07. The lowest BCUT2D eigenvalue weighted by Gasteiger charge is -1.98. The molecule has 52 valence electrons. The predicted octanol–water partition coefficient (Wildman–Crippen LogP) is 2.36. The monoisotopic (exact) mass is 126 g/mol. The van der Waals surface area contributed by atoms with Crippen LogP contribution in [0, 0.1) is 5.92 Å². The van der Waals surface area contributed by atoms with E-state index in [1.165, 1.54) is 0 Å². The maximum absolute atomic E-state index is 4.74. The Morgan fingerprint density at radius 2 is 2.33 bits per heavy atom. The van der Waals surface area contributed by atoms with Crippen LogP contribution in [0.15, 0.2) is 25.0 Å². The second kappa shape index (κ2) is 5.42. The van der Waals surface area contributed by atoms with E-state index in [0.717, 1.165) is 6.42 Å². The molecule has 1 heteroatoms. The van der Waals surface area contributed by atoms with E-state index in [-0.39, 0.29) is 0 Å². The molecule has 0 radical (unpaired) electrons. The molecular formula is C8H14O. The second-order valence-corrected chi connectivity index (χ2v) is 2.07. The fourth-order valence-corrected chi connectivity index (χ4v) is 0.554. The van der Waals surface area contributed by atoms with E-state index in [9.17, 15) is 0 Å². The van der Waals surface area contributed by atoms with Gasteiger partial charge >= 0.3 is 0 Å². The summed E-state index contributed by atoms with van der Waals surface area (Å²) in [5.74, 6) is 0.544. The third-order valence-corrected chi connectivity index (χ3v) is 1.08. The molecule has 0 heterocycles. The van der Waals surface area contributed by atoms with Crippen LogP contribution in [-0.4, -0.2) is 7.11 Å². The number of hydrogen-bond donors (Lipinski definition) is 0. The minimum absolute atomic E-state index is 0.544. The zero-order valence-corrected chi connectivity index (χ0v) is 6.13. The van der Waals surface area contributed by atoms with Crippen molar-refractivity contribution in [3.63, 3.8) is 0 Å². The van der Waals surface area contributed by atoms with E-state index in [0.29, 0.717) is 5.92 Å². The molecular weight excluding hydrogens is 112 g/mol. The first kappa shape index (κ1) is 8.28. The van der Waals surface area contributed by atoms with Crippen LogP contribution >= 0.6 is 0 Å². The van der Waals surface area contributed by atoms with Gasteiger partial charge < -0.3 is 4.74 Å². The van der Waals surface area contributed by atoms with Crippen molar-refractivity contribution < 1.29 is 4.74 Å². The van der Waals surface area contributed by atoms with Crippen molar-refractivity contribution in [2.24, 2.45) is 5.92 Å². The highest BCUT2D eigenvalue weighted by Crippen LogP contribution is 2.02. The van der Waals surface area contributed by atoms with E-state index in [4.69, 9.17) is 4.74 Å². The molecule has 0 saturated carbocycles. The minimum Gasteiger partial charge on any atom is -0.505 e. The Balaban J connectivity index is 3.35. The molecule has 0 aliphatic rings. The molecule has 0 aromatic rings. The van der Waals surface area contributed by atoms with Crippen LogP contribution in [0.5, 0.6) is 0 Å². The summed E-state index contributed by atoms with van der Waals surface area (Å²) in [6.07, 6.45) is 6.64. The molecule has 0 fully saturated rings. The maximum Gasteiger partial charge on any atom is 0.0787 e. The fraction of sp³-hybridized carbons (Fsp3) is 0.500. The van der Waals surface area contributed by atoms with E-state index in [2.05, 4.69) is 13.5 Å². The summed E-state index contributed by atoms with van der Waals surface area (Å²) in [7, 11) is 1.65. The highest BCUT2D eigenvalue weighted by molar-refractivity contribution is 4.84. The van der Waals surface area contributed by atoms with Gasteiger partial charge in [-0.3, -0.25) is 0 Å². The van der Waals surface area contributed by atoms with Gasteiger partial charge in [0.2, 0.25) is 0 Å². The summed E-state index contributed by atoms with van der Waals surface area (Å²) >= 11 is 0. The van der Waals surface area contributed by atoms with E-state index in [1.807, 2.05) is 12.2 Å². The molecule has 0 aliphatic heterocycles. The molecule has 1 unspecified atom stereocenters. The standard InChI is InChI=1S/C8H14O/c1-4-5-8(2)6-7-9-3/h4,6-8H,1,5H2,2-3H3/b7-6-. The normalized spacial score (nSPS) is 13.6. The Morgan fingerprint density at radius 3 is 2.78 bits per heavy atom. The molecule has 0 aromatic heterocycles. The zero-order chi connectivity index (χ0) is 7.11. The van der Waals surface area contributed by atoms with Crippen LogP contribution in [-0.2, 0) is 4.74 Å². The highest BCUT2D eigenvalue weighted by Gasteiger charge is 1.89. The number of ether oxygens (including phenoxy) is 1. The first-order valence-corrected chi connectivity index (χ1v) is 3.11. The maximum atomic E-state index is 4.74. The zero-order valence-electron chi connectivity index (χ0n) is 6.13. The van der Waals surface area contributed by atoms with Crippen LogP contribution in [0.1, 0.15) is 13.3 Å². The van der Waals surface area contributed by atoms with Gasteiger partial charge in [0.15, 0.2) is 0 Å². The molecule has 1 atom stereocenters.